The Labute approximate surface area is 700 Å². The summed E-state index contributed by atoms with van der Waals surface area (Å²) in [5.41, 5.74) is 16.3. The zero-order valence-electron chi connectivity index (χ0n) is 68.0. The second-order valence-electron chi connectivity index (χ2n) is 25.2. The van der Waals surface area contributed by atoms with Crippen molar-refractivity contribution in [1.82, 2.24) is 26.7 Å². The summed E-state index contributed by atoms with van der Waals surface area (Å²) in [5, 5.41) is 2.60. The number of hydroxylamine groups is 3. The number of aryl methyl sites for hydroxylation is 2. The number of amides is 2. The number of hydrogen-bond donors (Lipinski definition) is 5. The molecule has 652 valence electrons. The molecular weight excluding hydrogens is 1620 g/mol. The van der Waals surface area contributed by atoms with E-state index in [1.165, 1.54) is 29.2 Å². The van der Waals surface area contributed by atoms with Crippen LogP contribution >= 0.6 is 46.4 Å². The number of hydrogen-bond acceptors (Lipinski definition) is 28. The van der Waals surface area contributed by atoms with Gasteiger partial charge in [0, 0.05) is 89.7 Å². The predicted molar refractivity (Wildman–Crippen MR) is 444 cm³/mol. The predicted octanol–water partition coefficient (Wildman–Crippen LogP) is 12.8. The lowest BCUT2D eigenvalue weighted by Crippen LogP contribution is -2.36. The molecule has 3 aromatic carbocycles. The van der Waals surface area contributed by atoms with Crippen LogP contribution in [-0.4, -0.2) is 206 Å². The number of ether oxygens (including phenoxy) is 4. The summed E-state index contributed by atoms with van der Waals surface area (Å²) >= 11 is 21.8. The van der Waals surface area contributed by atoms with Gasteiger partial charge >= 0.3 is 23.9 Å². The summed E-state index contributed by atoms with van der Waals surface area (Å²) in [5.74, 6) is 0.893. The van der Waals surface area contributed by atoms with E-state index >= 15 is 0 Å². The van der Waals surface area contributed by atoms with Crippen LogP contribution in [0.5, 0.6) is 5.75 Å². The highest BCUT2D eigenvalue weighted by Gasteiger charge is 2.25. The third-order valence-electron chi connectivity index (χ3n) is 14.0. The molecule has 30 nitrogen and oxygen atoms in total. The Morgan fingerprint density at radius 1 is 0.435 bits per heavy atom. The first-order valence-corrected chi connectivity index (χ1v) is 42.1. The van der Waals surface area contributed by atoms with Crippen molar-refractivity contribution in [2.75, 3.05) is 142 Å². The largest absolute Gasteiger partial charge is 0.462 e. The number of nitrogens with zero attached hydrogens (tertiary/aromatic N) is 1. The van der Waals surface area contributed by atoms with Crippen LogP contribution in [-0.2, 0) is 110 Å². The summed E-state index contributed by atoms with van der Waals surface area (Å²) in [6, 6.07) is 19.8. The molecule has 2 amide bonds. The topological polar surface area (TPSA) is 363 Å². The van der Waals surface area contributed by atoms with E-state index in [1.807, 2.05) is 13.8 Å². The second kappa shape index (κ2) is 70.3. The molecule has 0 radical (unpaired) electrons. The molecule has 0 saturated heterocycles. The smallest absolute Gasteiger partial charge is 0.338 e. The van der Waals surface area contributed by atoms with Crippen LogP contribution in [0, 0.1) is 13.8 Å². The molecule has 0 bridgehead atoms. The number of anilines is 1. The van der Waals surface area contributed by atoms with Crippen molar-refractivity contribution in [2.45, 2.75) is 154 Å². The normalized spacial score (nSPS) is 12.7. The van der Waals surface area contributed by atoms with E-state index in [-0.39, 0.29) is 78.1 Å². The summed E-state index contributed by atoms with van der Waals surface area (Å²) in [4.78, 5) is 109. The van der Waals surface area contributed by atoms with Crippen molar-refractivity contribution in [3.05, 3.63) is 157 Å². The lowest BCUT2D eigenvalue weighted by Gasteiger charge is -2.28. The lowest BCUT2D eigenvalue weighted by atomic mass is 9.93. The maximum atomic E-state index is 12.1. The Hall–Kier alpha value is -6.74. The minimum absolute atomic E-state index is 0.00762. The van der Waals surface area contributed by atoms with E-state index in [0.29, 0.717) is 154 Å². The fraction of sp³-hybridized carbons (Fsp3) is 0.544. The maximum Gasteiger partial charge on any atom is 0.338 e. The molecule has 0 spiro atoms. The van der Waals surface area contributed by atoms with E-state index in [2.05, 4.69) is 66.7 Å². The Morgan fingerprint density at radius 3 is 1.33 bits per heavy atom. The summed E-state index contributed by atoms with van der Waals surface area (Å²) in [6.07, 6.45) is 8.83. The summed E-state index contributed by atoms with van der Waals surface area (Å²) < 4.78 is 78.3. The molecule has 1 aliphatic carbocycles. The standard InChI is InChI=1S/C20H29NO6S.C20H23NO6S.C11H20ClNO3.C10H18ClNO3.2C9H16ClNO3/c2*1-15(2)20(22)27-18-9-7-17(8-10-18)21-25-13-4-14-26-28(23,24)19-11-5-16(3)6-12-19;1-10(2)11(14)15-8-4-3-7-13-16-9-5-6-12;1-9(2)10(13)12(3)6-8-15-14-7-4-5-11;1-8(2)9(12)13-7-5-11-14-6-3-4-10;1-8(2)9(12)11-5-7-14-13-6-3-4-10/h5-6,11-12,17-18,21H,1,4,7-10,13-14H2,2-3H3;5-12,21H,1,4,13-14H2,2-3H3;13H,1,3-9H2,2H3;1,4-8H2,2-3H3;11H,1,3-7H2,2H3;1,3-7H2,2H3,(H,11,12). The van der Waals surface area contributed by atoms with Crippen LogP contribution in [0.15, 0.2) is 155 Å². The van der Waals surface area contributed by atoms with E-state index < -0.39 is 26.2 Å². The number of benzene rings is 3. The van der Waals surface area contributed by atoms with Crippen LogP contribution in [0.2, 0.25) is 0 Å². The average molecular weight is 1750 g/mol. The van der Waals surface area contributed by atoms with Crippen LogP contribution < -0.4 is 32.0 Å². The molecule has 1 fully saturated rings. The Bertz CT molecular complexity index is 3460. The number of alkyl halides is 4. The third kappa shape index (κ3) is 62.2. The molecule has 115 heavy (non-hydrogen) atoms. The van der Waals surface area contributed by atoms with Crippen molar-refractivity contribution in [3.63, 3.8) is 0 Å². The highest BCUT2D eigenvalue weighted by atomic mass is 35.5. The van der Waals surface area contributed by atoms with Crippen LogP contribution in [0.25, 0.3) is 0 Å². The number of carbonyl (C=O) groups excluding carboxylic acids is 6. The number of nitrogens with one attached hydrogen (secondary N) is 5. The molecule has 1 aliphatic rings. The van der Waals surface area contributed by atoms with Gasteiger partial charge in [0.25, 0.3) is 20.2 Å². The molecule has 1 saturated carbocycles. The molecule has 36 heteroatoms. The van der Waals surface area contributed by atoms with Crippen molar-refractivity contribution < 1.29 is 112 Å². The molecular formula is C79H122Cl4N6O24S2. The van der Waals surface area contributed by atoms with Crippen LogP contribution in [0.1, 0.15) is 130 Å². The number of carbonyl (C=O) groups is 6. The Balaban J connectivity index is 0. The summed E-state index contributed by atoms with van der Waals surface area (Å²) in [6.45, 7) is 40.9. The van der Waals surface area contributed by atoms with Gasteiger partial charge in [0.1, 0.15) is 18.5 Å². The first-order valence-electron chi connectivity index (χ1n) is 37.1. The number of unbranched alkanes of at least 4 members (excludes halogenated alkanes) is 1. The van der Waals surface area contributed by atoms with Gasteiger partial charge in [-0.05, 0) is 181 Å². The van der Waals surface area contributed by atoms with Crippen molar-refractivity contribution in [3.8, 4) is 5.75 Å². The quantitative estimate of drug-likeness (QED) is 0.00403. The minimum Gasteiger partial charge on any atom is -0.462 e. The van der Waals surface area contributed by atoms with Gasteiger partial charge in [-0.1, -0.05) is 74.9 Å². The molecule has 0 aromatic heterocycles. The second-order valence-corrected chi connectivity index (χ2v) is 29.9. The first kappa shape index (κ1) is 110. The van der Waals surface area contributed by atoms with Gasteiger partial charge in [0.2, 0.25) is 11.8 Å². The van der Waals surface area contributed by atoms with Gasteiger partial charge in [-0.25, -0.2) is 44.2 Å². The van der Waals surface area contributed by atoms with Gasteiger partial charge in [-0.15, -0.1) is 46.4 Å². The molecule has 0 unspecified atom stereocenters. The zero-order chi connectivity index (χ0) is 86.7. The number of likely N-dealkylation sites (N-methyl/N-ethyl adjacent to an activating group) is 1. The van der Waals surface area contributed by atoms with E-state index in [4.69, 9.17) is 113 Å². The SMILES string of the molecule is C=C(C)C(=O)N(C)CCOOCCCCl.C=C(C)C(=O)NCCOOCCCCl.C=C(C)C(=O)OC1CCC(NOCCCOS(=O)(=O)c2ccc(C)cc2)CC1.C=C(C)C(=O)OCCCCNOCCCCl.C=C(C)C(=O)OCCNOCCCCl.C=C(C)C(=O)Oc1ccc(NOCCCOS(=O)(=O)c2ccc(C)cc2)cc1. The molecule has 4 rings (SSSR count). The third-order valence-corrected chi connectivity index (χ3v) is 17.7. The highest BCUT2D eigenvalue weighted by molar-refractivity contribution is 7.87. The van der Waals surface area contributed by atoms with Gasteiger partial charge in [-0.3, -0.25) is 28.3 Å². The summed E-state index contributed by atoms with van der Waals surface area (Å²) in [7, 11) is -5.80. The number of esters is 4. The molecule has 0 heterocycles. The molecule has 3 aromatic rings. The van der Waals surface area contributed by atoms with Crippen molar-refractivity contribution in [1.29, 1.82) is 0 Å². The Kier molecular flexibility index (Phi) is 67.4. The fourth-order valence-electron chi connectivity index (χ4n) is 7.65. The van der Waals surface area contributed by atoms with Gasteiger partial charge < -0.3 is 43.7 Å². The maximum absolute atomic E-state index is 12.1. The average Bonchev–Trinajstić information content (AvgIpc) is 0.856. The molecule has 0 aliphatic heterocycles. The van der Waals surface area contributed by atoms with Gasteiger partial charge in [0.05, 0.1) is 94.7 Å². The van der Waals surface area contributed by atoms with Crippen LogP contribution in [0.3, 0.4) is 0 Å². The van der Waals surface area contributed by atoms with Gasteiger partial charge in [-0.2, -0.15) is 27.8 Å². The zero-order valence-corrected chi connectivity index (χ0v) is 72.7. The minimum atomic E-state index is -3.76. The Morgan fingerprint density at radius 2 is 0.870 bits per heavy atom. The van der Waals surface area contributed by atoms with E-state index in [1.54, 1.807) is 97.1 Å². The monoisotopic (exact) mass is 1740 g/mol. The van der Waals surface area contributed by atoms with E-state index in [9.17, 15) is 45.6 Å². The highest BCUT2D eigenvalue weighted by Crippen LogP contribution is 2.23. The first-order chi connectivity index (χ1) is 54.7. The fourth-order valence-corrected chi connectivity index (χ4v) is 9.97. The number of halogens is 4. The molecule has 5 N–H and O–H groups in total. The lowest BCUT2D eigenvalue weighted by molar-refractivity contribution is -0.294. The van der Waals surface area contributed by atoms with E-state index in [0.717, 1.165) is 81.9 Å². The van der Waals surface area contributed by atoms with Crippen molar-refractivity contribution >= 4 is 108 Å². The van der Waals surface area contributed by atoms with Gasteiger partial charge in [0.15, 0.2) is 0 Å². The molecule has 0 atom stereocenters. The number of rotatable bonds is 54. The van der Waals surface area contributed by atoms with Crippen molar-refractivity contribution in [2.24, 2.45) is 0 Å². The van der Waals surface area contributed by atoms with Crippen LogP contribution in [0.4, 0.5) is 5.69 Å².